The predicted molar refractivity (Wildman–Crippen MR) is 77.1 cm³/mol. The Morgan fingerprint density at radius 1 is 1.43 bits per heavy atom. The number of amides is 1. The summed E-state index contributed by atoms with van der Waals surface area (Å²) >= 11 is 5.81. The van der Waals surface area contributed by atoms with Gasteiger partial charge in [-0.3, -0.25) is 4.79 Å². The maximum Gasteiger partial charge on any atom is 0.240 e. The van der Waals surface area contributed by atoms with Crippen LogP contribution in [-0.4, -0.2) is 26.9 Å². The molecule has 1 aliphatic carbocycles. The van der Waals surface area contributed by atoms with Gasteiger partial charge in [0.1, 0.15) is 6.07 Å². The number of nitrogens with one attached hydrogen (secondary N) is 2. The number of halogens is 1. The Labute approximate surface area is 128 Å². The zero-order valence-electron chi connectivity index (χ0n) is 11.1. The number of hydrogen-bond acceptors (Lipinski definition) is 4. The van der Waals surface area contributed by atoms with Gasteiger partial charge in [0.15, 0.2) is 0 Å². The molecule has 0 bridgehead atoms. The fourth-order valence-corrected chi connectivity index (χ4v) is 3.01. The summed E-state index contributed by atoms with van der Waals surface area (Å²) in [5, 5.41) is 11.6. The molecule has 1 aliphatic rings. The maximum absolute atomic E-state index is 12.0. The van der Waals surface area contributed by atoms with E-state index in [0.717, 1.165) is 12.8 Å². The van der Waals surface area contributed by atoms with Crippen molar-refractivity contribution in [3.05, 3.63) is 28.8 Å². The molecule has 6 nitrogen and oxygen atoms in total. The molecule has 8 heteroatoms. The molecule has 0 aliphatic heterocycles. The molecule has 0 spiro atoms. The van der Waals surface area contributed by atoms with Gasteiger partial charge < -0.3 is 5.32 Å². The van der Waals surface area contributed by atoms with Crippen molar-refractivity contribution in [2.75, 3.05) is 6.54 Å². The number of rotatable bonds is 6. The minimum atomic E-state index is -3.74. The Hall–Kier alpha value is -1.62. The van der Waals surface area contributed by atoms with Gasteiger partial charge in [0.05, 0.1) is 15.5 Å². The molecule has 112 valence electrons. The van der Waals surface area contributed by atoms with Gasteiger partial charge in [-0.15, -0.1) is 0 Å². The number of nitrogens with zero attached hydrogens (tertiary/aromatic N) is 1. The smallest absolute Gasteiger partial charge is 0.240 e. The summed E-state index contributed by atoms with van der Waals surface area (Å²) in [6.45, 7) is 0.0124. The summed E-state index contributed by atoms with van der Waals surface area (Å²) in [6.07, 6.45) is 2.06. The Morgan fingerprint density at radius 3 is 2.71 bits per heavy atom. The van der Waals surface area contributed by atoms with E-state index in [-0.39, 0.29) is 40.4 Å². The van der Waals surface area contributed by atoms with Crippen molar-refractivity contribution in [1.82, 2.24) is 10.0 Å². The highest BCUT2D eigenvalue weighted by molar-refractivity contribution is 7.89. The molecular formula is C13H14ClN3O3S. The zero-order valence-corrected chi connectivity index (χ0v) is 12.7. The molecule has 21 heavy (non-hydrogen) atoms. The molecule has 0 saturated heterocycles. The first kappa shape index (κ1) is 15.8. The van der Waals surface area contributed by atoms with Crippen molar-refractivity contribution < 1.29 is 13.2 Å². The van der Waals surface area contributed by atoms with Gasteiger partial charge in [-0.2, -0.15) is 5.26 Å². The van der Waals surface area contributed by atoms with Crippen molar-refractivity contribution >= 4 is 27.5 Å². The van der Waals surface area contributed by atoms with E-state index in [1.165, 1.54) is 18.2 Å². The van der Waals surface area contributed by atoms with Gasteiger partial charge in [0.25, 0.3) is 0 Å². The Bertz CT molecular complexity index is 693. The highest BCUT2D eigenvalue weighted by atomic mass is 35.5. The lowest BCUT2D eigenvalue weighted by molar-refractivity contribution is -0.121. The van der Waals surface area contributed by atoms with Gasteiger partial charge in [-0.1, -0.05) is 11.6 Å². The summed E-state index contributed by atoms with van der Waals surface area (Å²) in [5.74, 6) is -0.168. The van der Waals surface area contributed by atoms with Crippen LogP contribution in [0.4, 0.5) is 0 Å². The number of sulfonamides is 1. The molecule has 2 N–H and O–H groups in total. The van der Waals surface area contributed by atoms with Crippen LogP contribution in [-0.2, 0) is 14.8 Å². The molecule has 1 saturated carbocycles. The Kier molecular flexibility index (Phi) is 4.83. The normalized spacial score (nSPS) is 14.5. The first-order valence-corrected chi connectivity index (χ1v) is 8.27. The van der Waals surface area contributed by atoms with Crippen molar-refractivity contribution in [1.29, 1.82) is 5.26 Å². The van der Waals surface area contributed by atoms with Gasteiger partial charge in [0, 0.05) is 19.0 Å². The van der Waals surface area contributed by atoms with Crippen molar-refractivity contribution in [3.8, 4) is 6.07 Å². The SMILES string of the molecule is N#Cc1ccc(S(=O)(=O)NCCC(=O)NC2CC2)cc1Cl. The van der Waals surface area contributed by atoms with Crippen LogP contribution in [0.2, 0.25) is 5.02 Å². The summed E-state index contributed by atoms with van der Waals surface area (Å²) in [4.78, 5) is 11.4. The number of benzene rings is 1. The highest BCUT2D eigenvalue weighted by Crippen LogP contribution is 2.20. The molecule has 0 atom stereocenters. The van der Waals surface area contributed by atoms with Gasteiger partial charge in [-0.25, -0.2) is 13.1 Å². The first-order valence-electron chi connectivity index (χ1n) is 6.41. The molecule has 1 amide bonds. The number of hydrogen-bond donors (Lipinski definition) is 2. The predicted octanol–water partition coefficient (Wildman–Crippen LogP) is 1.16. The molecule has 0 radical (unpaired) electrons. The maximum atomic E-state index is 12.0. The second-order valence-electron chi connectivity index (χ2n) is 4.74. The van der Waals surface area contributed by atoms with E-state index in [4.69, 9.17) is 16.9 Å². The molecule has 0 heterocycles. The van der Waals surface area contributed by atoms with E-state index >= 15 is 0 Å². The average molecular weight is 328 g/mol. The zero-order chi connectivity index (χ0) is 15.5. The topological polar surface area (TPSA) is 99.1 Å². The monoisotopic (exact) mass is 327 g/mol. The first-order chi connectivity index (χ1) is 9.92. The third-order valence-corrected chi connectivity index (χ3v) is 4.73. The second-order valence-corrected chi connectivity index (χ2v) is 6.92. The Morgan fingerprint density at radius 2 is 2.14 bits per heavy atom. The van der Waals surface area contributed by atoms with Crippen LogP contribution in [0, 0.1) is 11.3 Å². The van der Waals surface area contributed by atoms with E-state index < -0.39 is 10.0 Å². The van der Waals surface area contributed by atoms with Crippen LogP contribution >= 0.6 is 11.6 Å². The van der Waals surface area contributed by atoms with Crippen molar-refractivity contribution in [3.63, 3.8) is 0 Å². The van der Waals surface area contributed by atoms with Crippen molar-refractivity contribution in [2.24, 2.45) is 0 Å². The molecule has 1 aromatic rings. The molecule has 0 unspecified atom stereocenters. The fraction of sp³-hybridized carbons (Fsp3) is 0.385. The van der Waals surface area contributed by atoms with Crippen LogP contribution in [0.15, 0.2) is 23.1 Å². The van der Waals surface area contributed by atoms with Crippen molar-refractivity contribution in [2.45, 2.75) is 30.2 Å². The second kappa shape index (κ2) is 6.43. The van der Waals surface area contributed by atoms with E-state index in [1.54, 1.807) is 0 Å². The summed E-state index contributed by atoms with van der Waals surface area (Å²) in [7, 11) is -3.74. The quantitative estimate of drug-likeness (QED) is 0.819. The lowest BCUT2D eigenvalue weighted by atomic mass is 10.2. The fourth-order valence-electron chi connectivity index (χ4n) is 1.66. The van der Waals surface area contributed by atoms with Gasteiger partial charge in [0.2, 0.25) is 15.9 Å². The number of nitriles is 1. The molecule has 1 aromatic carbocycles. The summed E-state index contributed by atoms with van der Waals surface area (Å²) in [5.41, 5.74) is 0.208. The lowest BCUT2D eigenvalue weighted by Crippen LogP contribution is -2.31. The van der Waals surface area contributed by atoms with E-state index in [2.05, 4.69) is 10.0 Å². The minimum Gasteiger partial charge on any atom is -0.353 e. The summed E-state index contributed by atoms with van der Waals surface area (Å²) < 4.78 is 26.4. The average Bonchev–Trinajstić information content (AvgIpc) is 3.22. The van der Waals surface area contributed by atoms with Crippen LogP contribution in [0.3, 0.4) is 0 Å². The van der Waals surface area contributed by atoms with Crippen LogP contribution in [0.5, 0.6) is 0 Å². The standard InChI is InChI=1S/C13H14ClN3O3S/c14-12-7-11(4-1-9(12)8-15)21(19,20)16-6-5-13(18)17-10-2-3-10/h1,4,7,10,16H,2-3,5-6H2,(H,17,18). The van der Waals surface area contributed by atoms with E-state index in [0.29, 0.717) is 0 Å². The number of carbonyl (C=O) groups excluding carboxylic acids is 1. The lowest BCUT2D eigenvalue weighted by Gasteiger charge is -2.08. The van der Waals surface area contributed by atoms with Gasteiger partial charge in [-0.05, 0) is 31.0 Å². The van der Waals surface area contributed by atoms with E-state index in [9.17, 15) is 13.2 Å². The van der Waals surface area contributed by atoms with Gasteiger partial charge >= 0.3 is 0 Å². The molecule has 0 aromatic heterocycles. The highest BCUT2D eigenvalue weighted by Gasteiger charge is 2.23. The van der Waals surface area contributed by atoms with Crippen LogP contribution in [0.25, 0.3) is 0 Å². The van der Waals surface area contributed by atoms with E-state index in [1.807, 2.05) is 6.07 Å². The third kappa shape index (κ3) is 4.43. The molecule has 1 fully saturated rings. The summed E-state index contributed by atoms with van der Waals surface area (Å²) in [6, 6.07) is 5.97. The van der Waals surface area contributed by atoms with Crippen LogP contribution < -0.4 is 10.0 Å². The number of carbonyl (C=O) groups is 1. The van der Waals surface area contributed by atoms with Crippen LogP contribution in [0.1, 0.15) is 24.8 Å². The molecule has 2 rings (SSSR count). The molecular weight excluding hydrogens is 314 g/mol. The Balaban J connectivity index is 1.93. The third-order valence-electron chi connectivity index (χ3n) is 2.96. The largest absolute Gasteiger partial charge is 0.353 e. The minimum absolute atomic E-state index is 0.0124.